The number of hydrogen-bond acceptors (Lipinski definition) is 3. The lowest BCUT2D eigenvalue weighted by molar-refractivity contribution is 0.0342. The predicted octanol–water partition coefficient (Wildman–Crippen LogP) is 2.86. The molecule has 3 fully saturated rings. The minimum absolute atomic E-state index is 0.582. The second-order valence-electron chi connectivity index (χ2n) is 8.48. The van der Waals surface area contributed by atoms with Gasteiger partial charge in [-0.25, -0.2) is 0 Å². The Morgan fingerprint density at radius 1 is 1.04 bits per heavy atom. The van der Waals surface area contributed by atoms with Crippen LogP contribution in [-0.4, -0.2) is 62.2 Å². The summed E-state index contributed by atoms with van der Waals surface area (Å²) >= 11 is 0. The molecule has 1 aromatic carbocycles. The maximum Gasteiger partial charge on any atom is 0.193 e. The number of ether oxygens (including phenoxy) is 1. The molecular weight excluding hydrogens is 336 g/mol. The third kappa shape index (κ3) is 4.64. The average Bonchev–Trinajstić information content (AvgIpc) is 3.34. The number of nitrogens with zero attached hydrogens (tertiary/aromatic N) is 3. The van der Waals surface area contributed by atoms with Crippen molar-refractivity contribution in [2.24, 2.45) is 10.4 Å². The van der Waals surface area contributed by atoms with Gasteiger partial charge in [0, 0.05) is 46.3 Å². The van der Waals surface area contributed by atoms with E-state index in [0.717, 1.165) is 51.9 Å². The number of likely N-dealkylation sites (tertiary alicyclic amines) is 1. The van der Waals surface area contributed by atoms with E-state index in [2.05, 4.69) is 44.4 Å². The zero-order chi connectivity index (χ0) is 18.5. The number of guanidine groups is 1. The highest BCUT2D eigenvalue weighted by Crippen LogP contribution is 2.45. The maximum absolute atomic E-state index is 5.43. The van der Waals surface area contributed by atoms with E-state index in [4.69, 9.17) is 4.74 Å². The van der Waals surface area contributed by atoms with Crippen molar-refractivity contribution in [3.63, 3.8) is 0 Å². The average molecular weight is 371 g/mol. The van der Waals surface area contributed by atoms with Crippen molar-refractivity contribution in [1.82, 2.24) is 15.1 Å². The van der Waals surface area contributed by atoms with Gasteiger partial charge in [0.25, 0.3) is 0 Å². The number of nitrogens with one attached hydrogen (secondary N) is 1. The van der Waals surface area contributed by atoms with Crippen molar-refractivity contribution in [2.75, 3.05) is 46.4 Å². The van der Waals surface area contributed by atoms with Crippen molar-refractivity contribution in [1.29, 1.82) is 0 Å². The first-order valence-electron chi connectivity index (χ1n) is 10.6. The second-order valence-corrected chi connectivity index (χ2v) is 8.48. The van der Waals surface area contributed by atoms with E-state index in [0.29, 0.717) is 5.41 Å². The van der Waals surface area contributed by atoms with Crippen LogP contribution in [0.15, 0.2) is 29.3 Å². The highest BCUT2D eigenvalue weighted by atomic mass is 16.5. The van der Waals surface area contributed by atoms with Gasteiger partial charge in [0.15, 0.2) is 5.96 Å². The summed E-state index contributed by atoms with van der Waals surface area (Å²) < 4.78 is 5.43. The summed E-state index contributed by atoms with van der Waals surface area (Å²) in [6.07, 6.45) is 6.98. The van der Waals surface area contributed by atoms with Gasteiger partial charge in [-0.05, 0) is 35.8 Å². The lowest BCUT2D eigenvalue weighted by atomic mass is 9.86. The summed E-state index contributed by atoms with van der Waals surface area (Å²) in [4.78, 5) is 9.48. The molecule has 1 aliphatic carbocycles. The molecule has 148 valence electrons. The molecule has 1 spiro atoms. The van der Waals surface area contributed by atoms with Crippen molar-refractivity contribution in [3.8, 4) is 0 Å². The predicted molar refractivity (Wildman–Crippen MR) is 110 cm³/mol. The molecule has 2 aliphatic heterocycles. The Labute approximate surface area is 163 Å². The van der Waals surface area contributed by atoms with Gasteiger partial charge in [-0.1, -0.05) is 37.1 Å². The largest absolute Gasteiger partial charge is 0.379 e. The standard InChI is InChI=1S/C22H34N4O/c1-23-21(26-11-10-22(18-26)8-2-3-9-22)24-16-19-4-6-20(7-5-19)17-25-12-14-27-15-13-25/h4-7H,2-3,8-18H2,1H3,(H,23,24). The molecule has 1 aromatic rings. The zero-order valence-electron chi connectivity index (χ0n) is 16.8. The summed E-state index contributed by atoms with van der Waals surface area (Å²) in [6.45, 7) is 8.00. The fraction of sp³-hybridized carbons (Fsp3) is 0.682. The van der Waals surface area contributed by atoms with E-state index >= 15 is 0 Å². The smallest absolute Gasteiger partial charge is 0.193 e. The van der Waals surface area contributed by atoms with Crippen LogP contribution >= 0.6 is 0 Å². The zero-order valence-corrected chi connectivity index (χ0v) is 16.8. The van der Waals surface area contributed by atoms with Crippen LogP contribution in [-0.2, 0) is 17.8 Å². The molecule has 0 amide bonds. The monoisotopic (exact) mass is 370 g/mol. The lowest BCUT2D eigenvalue weighted by Crippen LogP contribution is -2.40. The number of hydrogen-bond donors (Lipinski definition) is 1. The van der Waals surface area contributed by atoms with Gasteiger partial charge in [0.1, 0.15) is 0 Å². The van der Waals surface area contributed by atoms with Gasteiger partial charge < -0.3 is 15.0 Å². The molecule has 0 atom stereocenters. The highest BCUT2D eigenvalue weighted by molar-refractivity contribution is 5.80. The van der Waals surface area contributed by atoms with Gasteiger partial charge >= 0.3 is 0 Å². The van der Waals surface area contributed by atoms with Crippen LogP contribution in [0.1, 0.15) is 43.2 Å². The molecule has 4 rings (SSSR count). The topological polar surface area (TPSA) is 40.1 Å². The summed E-state index contributed by atoms with van der Waals surface area (Å²) in [7, 11) is 1.91. The summed E-state index contributed by atoms with van der Waals surface area (Å²) in [5, 5.41) is 3.58. The van der Waals surface area contributed by atoms with E-state index in [1.165, 1.54) is 49.8 Å². The molecule has 0 unspecified atom stereocenters. The van der Waals surface area contributed by atoms with E-state index < -0.39 is 0 Å². The van der Waals surface area contributed by atoms with Crippen molar-refractivity contribution in [3.05, 3.63) is 35.4 Å². The maximum atomic E-state index is 5.43. The molecule has 3 aliphatic rings. The van der Waals surface area contributed by atoms with E-state index in [9.17, 15) is 0 Å². The van der Waals surface area contributed by atoms with Crippen LogP contribution in [0.2, 0.25) is 0 Å². The molecule has 0 bridgehead atoms. The third-order valence-electron chi connectivity index (χ3n) is 6.60. The molecule has 0 radical (unpaired) electrons. The normalized spacial score (nSPS) is 23.3. The van der Waals surface area contributed by atoms with Crippen LogP contribution in [0.25, 0.3) is 0 Å². The van der Waals surface area contributed by atoms with Crippen LogP contribution < -0.4 is 5.32 Å². The molecule has 27 heavy (non-hydrogen) atoms. The van der Waals surface area contributed by atoms with Gasteiger partial charge in [0.2, 0.25) is 0 Å². The van der Waals surface area contributed by atoms with Gasteiger partial charge in [-0.15, -0.1) is 0 Å². The first-order chi connectivity index (χ1) is 13.3. The molecule has 5 heteroatoms. The molecule has 1 N–H and O–H groups in total. The van der Waals surface area contributed by atoms with Crippen LogP contribution in [0.5, 0.6) is 0 Å². The molecule has 1 saturated carbocycles. The van der Waals surface area contributed by atoms with Crippen LogP contribution in [0, 0.1) is 5.41 Å². The summed E-state index contributed by atoms with van der Waals surface area (Å²) in [5.41, 5.74) is 3.28. The fourth-order valence-electron chi connectivity index (χ4n) is 4.94. The Bertz CT molecular complexity index is 630. The lowest BCUT2D eigenvalue weighted by Gasteiger charge is -2.26. The van der Waals surface area contributed by atoms with Gasteiger partial charge in [0.05, 0.1) is 13.2 Å². The Hall–Kier alpha value is -1.59. The van der Waals surface area contributed by atoms with Gasteiger partial charge in [-0.3, -0.25) is 9.89 Å². The number of rotatable bonds is 4. The van der Waals surface area contributed by atoms with E-state index in [1.54, 1.807) is 0 Å². The Kier molecular flexibility index (Phi) is 5.98. The molecule has 2 heterocycles. The Morgan fingerprint density at radius 2 is 1.74 bits per heavy atom. The van der Waals surface area contributed by atoms with Crippen molar-refractivity contribution >= 4 is 5.96 Å². The SMILES string of the molecule is CN=C(NCc1ccc(CN2CCOCC2)cc1)N1CCC2(CCCC2)C1. The molecule has 5 nitrogen and oxygen atoms in total. The number of morpholine rings is 1. The third-order valence-corrected chi connectivity index (χ3v) is 6.60. The summed E-state index contributed by atoms with van der Waals surface area (Å²) in [6, 6.07) is 9.02. The highest BCUT2D eigenvalue weighted by Gasteiger charge is 2.41. The van der Waals surface area contributed by atoms with Crippen molar-refractivity contribution in [2.45, 2.75) is 45.2 Å². The first-order valence-corrected chi connectivity index (χ1v) is 10.6. The first kappa shape index (κ1) is 18.8. The van der Waals surface area contributed by atoms with Crippen molar-refractivity contribution < 1.29 is 4.74 Å². The quantitative estimate of drug-likeness (QED) is 0.654. The summed E-state index contributed by atoms with van der Waals surface area (Å²) in [5.74, 6) is 1.07. The Balaban J connectivity index is 1.27. The fourth-order valence-corrected chi connectivity index (χ4v) is 4.94. The second kappa shape index (κ2) is 8.61. The minimum atomic E-state index is 0.582. The molecule has 2 saturated heterocycles. The van der Waals surface area contributed by atoms with Crippen LogP contribution in [0.4, 0.5) is 0 Å². The van der Waals surface area contributed by atoms with E-state index in [1.807, 2.05) is 7.05 Å². The number of aliphatic imine (C=N–C) groups is 1. The minimum Gasteiger partial charge on any atom is -0.379 e. The number of benzene rings is 1. The van der Waals surface area contributed by atoms with Gasteiger partial charge in [-0.2, -0.15) is 0 Å². The molecule has 0 aromatic heterocycles. The van der Waals surface area contributed by atoms with Crippen LogP contribution in [0.3, 0.4) is 0 Å². The van der Waals surface area contributed by atoms with E-state index in [-0.39, 0.29) is 0 Å². The Morgan fingerprint density at radius 3 is 2.44 bits per heavy atom. The molecular formula is C22H34N4O.